The molecule has 0 aliphatic heterocycles. The van der Waals surface area contributed by atoms with E-state index in [2.05, 4.69) is 10.5 Å². The fourth-order valence-electron chi connectivity index (χ4n) is 2.61. The summed E-state index contributed by atoms with van der Waals surface area (Å²) in [5, 5.41) is 6.03. The zero-order valence-corrected chi connectivity index (χ0v) is 14.6. The molecule has 0 spiro atoms. The van der Waals surface area contributed by atoms with Gasteiger partial charge in [0.1, 0.15) is 11.6 Å². The molecule has 0 radical (unpaired) electrons. The molecule has 0 aliphatic rings. The van der Waals surface area contributed by atoms with Crippen LogP contribution in [0.3, 0.4) is 0 Å². The molecule has 3 aromatic carbocycles. The summed E-state index contributed by atoms with van der Waals surface area (Å²) < 4.78 is 18.1. The molecule has 26 heavy (non-hydrogen) atoms. The third kappa shape index (κ3) is 4.06. The molecule has 3 rings (SSSR count). The summed E-state index contributed by atoms with van der Waals surface area (Å²) in [6, 6.07) is 17.6. The number of ether oxygens (including phenoxy) is 1. The van der Waals surface area contributed by atoms with Crippen molar-refractivity contribution in [3.05, 3.63) is 77.6 Å². The van der Waals surface area contributed by atoms with Crippen LogP contribution in [0.15, 0.2) is 65.8 Å². The monoisotopic (exact) mass is 350 g/mol. The van der Waals surface area contributed by atoms with Crippen molar-refractivity contribution in [3.63, 3.8) is 0 Å². The average Bonchev–Trinajstić information content (AvgIpc) is 2.68. The highest BCUT2D eigenvalue weighted by Crippen LogP contribution is 2.25. The Morgan fingerprint density at radius 2 is 1.77 bits per heavy atom. The van der Waals surface area contributed by atoms with Gasteiger partial charge in [-0.05, 0) is 53.1 Å². The Bertz CT molecular complexity index is 952. The highest BCUT2D eigenvalue weighted by molar-refractivity contribution is 5.89. The molecule has 4 nitrogen and oxygen atoms in total. The van der Waals surface area contributed by atoms with Gasteiger partial charge >= 0.3 is 0 Å². The predicted octanol–water partition coefficient (Wildman–Crippen LogP) is 4.24. The molecule has 0 heterocycles. The molecule has 1 N–H and O–H groups in total. The molecule has 0 aromatic heterocycles. The first-order chi connectivity index (χ1) is 12.6. The van der Waals surface area contributed by atoms with Crippen LogP contribution in [0.4, 0.5) is 4.39 Å². The first-order valence-electron chi connectivity index (χ1n) is 8.23. The van der Waals surface area contributed by atoms with Crippen molar-refractivity contribution < 1.29 is 13.9 Å². The maximum atomic E-state index is 12.9. The van der Waals surface area contributed by atoms with Crippen LogP contribution in [0.1, 0.15) is 24.0 Å². The molecule has 0 unspecified atom stereocenters. The van der Waals surface area contributed by atoms with E-state index in [0.717, 1.165) is 22.1 Å². The van der Waals surface area contributed by atoms with E-state index in [1.807, 2.05) is 43.3 Å². The van der Waals surface area contributed by atoms with Crippen molar-refractivity contribution in [2.75, 3.05) is 7.11 Å². The van der Waals surface area contributed by atoms with Crippen LogP contribution < -0.4 is 10.2 Å². The zero-order valence-electron chi connectivity index (χ0n) is 14.6. The number of hydrazone groups is 1. The van der Waals surface area contributed by atoms with Crippen molar-refractivity contribution in [1.29, 1.82) is 0 Å². The van der Waals surface area contributed by atoms with E-state index in [1.165, 1.54) is 18.3 Å². The smallest absolute Gasteiger partial charge is 0.247 e. The largest absolute Gasteiger partial charge is 0.497 e. The third-order valence-electron chi connectivity index (χ3n) is 4.22. The summed E-state index contributed by atoms with van der Waals surface area (Å²) >= 11 is 0. The van der Waals surface area contributed by atoms with Gasteiger partial charge in [-0.15, -0.1) is 0 Å². The van der Waals surface area contributed by atoms with E-state index in [0.29, 0.717) is 5.56 Å². The molecular weight excluding hydrogens is 331 g/mol. The van der Waals surface area contributed by atoms with Gasteiger partial charge in [0.25, 0.3) is 0 Å². The predicted molar refractivity (Wildman–Crippen MR) is 101 cm³/mol. The van der Waals surface area contributed by atoms with Crippen LogP contribution >= 0.6 is 0 Å². The standard InChI is InChI=1S/C21H19FN2O2/c1-14(21(25)24-23-13-15-3-8-19(22)9-4-15)16-5-6-18-12-20(26-2)10-7-17(18)11-16/h3-14H,1-2H3,(H,24,25)/b23-13+/t14-/m0/s1. The number of hydrogen-bond donors (Lipinski definition) is 1. The first-order valence-corrected chi connectivity index (χ1v) is 8.23. The minimum Gasteiger partial charge on any atom is -0.497 e. The number of methoxy groups -OCH3 is 1. The second kappa shape index (κ2) is 7.78. The number of nitrogens with zero attached hydrogens (tertiary/aromatic N) is 1. The molecule has 3 aromatic rings. The fraction of sp³-hybridized carbons (Fsp3) is 0.143. The van der Waals surface area contributed by atoms with Gasteiger partial charge in [-0.3, -0.25) is 4.79 Å². The second-order valence-corrected chi connectivity index (χ2v) is 5.98. The summed E-state index contributed by atoms with van der Waals surface area (Å²) in [6.45, 7) is 1.83. The lowest BCUT2D eigenvalue weighted by atomic mass is 9.97. The van der Waals surface area contributed by atoms with E-state index in [1.54, 1.807) is 19.2 Å². The van der Waals surface area contributed by atoms with E-state index in [9.17, 15) is 9.18 Å². The third-order valence-corrected chi connectivity index (χ3v) is 4.22. The van der Waals surface area contributed by atoms with Crippen LogP contribution in [0, 0.1) is 5.82 Å². The van der Waals surface area contributed by atoms with Crippen molar-refractivity contribution in [1.82, 2.24) is 5.43 Å². The SMILES string of the molecule is COc1ccc2cc([C@H](C)C(=O)N/N=C/c3ccc(F)cc3)ccc2c1. The Kier molecular flexibility index (Phi) is 5.27. The van der Waals surface area contributed by atoms with Crippen LogP contribution in [-0.4, -0.2) is 19.2 Å². The van der Waals surface area contributed by atoms with Gasteiger partial charge in [-0.2, -0.15) is 5.10 Å². The Hall–Kier alpha value is -3.21. The molecule has 0 aliphatic carbocycles. The number of rotatable bonds is 5. The Balaban J connectivity index is 1.69. The average molecular weight is 350 g/mol. The molecule has 0 saturated carbocycles. The van der Waals surface area contributed by atoms with Gasteiger partial charge in [0.05, 0.1) is 19.2 Å². The van der Waals surface area contributed by atoms with Gasteiger partial charge in [0, 0.05) is 0 Å². The number of carbonyl (C=O) groups is 1. The molecule has 5 heteroatoms. The topological polar surface area (TPSA) is 50.7 Å². The lowest BCUT2D eigenvalue weighted by molar-refractivity contribution is -0.122. The van der Waals surface area contributed by atoms with Crippen molar-refractivity contribution in [2.24, 2.45) is 5.10 Å². The summed E-state index contributed by atoms with van der Waals surface area (Å²) in [6.07, 6.45) is 1.48. The fourth-order valence-corrected chi connectivity index (χ4v) is 2.61. The highest BCUT2D eigenvalue weighted by atomic mass is 19.1. The number of fused-ring (bicyclic) bond motifs is 1. The highest BCUT2D eigenvalue weighted by Gasteiger charge is 2.15. The number of hydrogen-bond acceptors (Lipinski definition) is 3. The van der Waals surface area contributed by atoms with Gasteiger partial charge in [0.2, 0.25) is 5.91 Å². The van der Waals surface area contributed by atoms with Crippen LogP contribution in [0.25, 0.3) is 10.8 Å². The van der Waals surface area contributed by atoms with E-state index < -0.39 is 0 Å². The van der Waals surface area contributed by atoms with Gasteiger partial charge < -0.3 is 4.74 Å². The van der Waals surface area contributed by atoms with Crippen molar-refractivity contribution in [2.45, 2.75) is 12.8 Å². The maximum absolute atomic E-state index is 12.9. The second-order valence-electron chi connectivity index (χ2n) is 5.98. The minimum atomic E-state index is -0.355. The van der Waals surface area contributed by atoms with E-state index in [-0.39, 0.29) is 17.6 Å². The quantitative estimate of drug-likeness (QED) is 0.553. The lowest BCUT2D eigenvalue weighted by Gasteiger charge is -2.11. The van der Waals surface area contributed by atoms with Crippen LogP contribution in [0.5, 0.6) is 5.75 Å². The maximum Gasteiger partial charge on any atom is 0.247 e. The van der Waals surface area contributed by atoms with Gasteiger partial charge in [0.15, 0.2) is 0 Å². The molecule has 0 saturated heterocycles. The normalized spacial score (nSPS) is 12.3. The Morgan fingerprint density at radius 1 is 1.08 bits per heavy atom. The molecule has 0 bridgehead atoms. The van der Waals surface area contributed by atoms with Crippen LogP contribution in [-0.2, 0) is 4.79 Å². The molecule has 0 fully saturated rings. The number of benzene rings is 3. The van der Waals surface area contributed by atoms with Gasteiger partial charge in [-0.1, -0.05) is 36.4 Å². The summed E-state index contributed by atoms with van der Waals surface area (Å²) in [4.78, 5) is 12.3. The van der Waals surface area contributed by atoms with Crippen LogP contribution in [0.2, 0.25) is 0 Å². The Labute approximate surface area is 151 Å². The van der Waals surface area contributed by atoms with Crippen molar-refractivity contribution in [3.8, 4) is 5.75 Å². The van der Waals surface area contributed by atoms with E-state index >= 15 is 0 Å². The Morgan fingerprint density at radius 3 is 2.50 bits per heavy atom. The first kappa shape index (κ1) is 17.6. The number of nitrogens with one attached hydrogen (secondary N) is 1. The molecule has 132 valence electrons. The van der Waals surface area contributed by atoms with E-state index in [4.69, 9.17) is 4.74 Å². The molecule has 1 atom stereocenters. The summed E-state index contributed by atoms with van der Waals surface area (Å²) in [7, 11) is 1.63. The molecule has 1 amide bonds. The lowest BCUT2D eigenvalue weighted by Crippen LogP contribution is -2.23. The number of amides is 1. The minimum absolute atomic E-state index is 0.212. The zero-order chi connectivity index (χ0) is 18.5. The number of halogens is 1. The number of carbonyl (C=O) groups excluding carboxylic acids is 1. The summed E-state index contributed by atoms with van der Waals surface area (Å²) in [5.74, 6) is -0.0806. The van der Waals surface area contributed by atoms with Crippen molar-refractivity contribution >= 4 is 22.9 Å². The van der Waals surface area contributed by atoms with Gasteiger partial charge in [-0.25, -0.2) is 9.82 Å². The molecular formula is C21H19FN2O2. The summed E-state index contributed by atoms with van der Waals surface area (Å²) in [5.41, 5.74) is 4.13.